The Balaban J connectivity index is 1.64. The molecule has 0 radical (unpaired) electrons. The predicted molar refractivity (Wildman–Crippen MR) is 75.9 cm³/mol. The Kier molecular flexibility index (Phi) is 5.20. The van der Waals surface area contributed by atoms with E-state index in [1.165, 1.54) is 17.7 Å². The first kappa shape index (κ1) is 13.6. The summed E-state index contributed by atoms with van der Waals surface area (Å²) in [5.74, 6) is 0.278. The van der Waals surface area contributed by atoms with Crippen LogP contribution in [0.3, 0.4) is 0 Å². The van der Waals surface area contributed by atoms with Crippen LogP contribution < -0.4 is 5.32 Å². The van der Waals surface area contributed by atoms with E-state index in [9.17, 15) is 4.79 Å². The van der Waals surface area contributed by atoms with Crippen LogP contribution in [0.25, 0.3) is 0 Å². The molecule has 1 saturated heterocycles. The fraction of sp³-hybridized carbons (Fsp3) is 0.643. The van der Waals surface area contributed by atoms with E-state index in [2.05, 4.69) is 22.8 Å². The van der Waals surface area contributed by atoms with Crippen molar-refractivity contribution in [2.75, 3.05) is 20.1 Å². The summed E-state index contributed by atoms with van der Waals surface area (Å²) < 4.78 is 0. The van der Waals surface area contributed by atoms with Crippen molar-refractivity contribution >= 4 is 17.2 Å². The number of amides is 1. The van der Waals surface area contributed by atoms with Gasteiger partial charge < -0.3 is 10.2 Å². The first-order valence-corrected chi connectivity index (χ1v) is 7.63. The molecule has 1 amide bonds. The number of hydrogen-bond donors (Lipinski definition) is 1. The number of carbonyl (C=O) groups is 1. The maximum absolute atomic E-state index is 12.0. The monoisotopic (exact) mass is 266 g/mol. The van der Waals surface area contributed by atoms with Gasteiger partial charge in [0.15, 0.2) is 0 Å². The molecule has 18 heavy (non-hydrogen) atoms. The molecule has 2 heterocycles. The lowest BCUT2D eigenvalue weighted by Gasteiger charge is -2.18. The highest BCUT2D eigenvalue weighted by Crippen LogP contribution is 2.12. The maximum Gasteiger partial charge on any atom is 0.222 e. The van der Waals surface area contributed by atoms with Gasteiger partial charge in [-0.15, -0.1) is 11.3 Å². The van der Waals surface area contributed by atoms with Crippen molar-refractivity contribution in [1.82, 2.24) is 10.2 Å². The van der Waals surface area contributed by atoms with Gasteiger partial charge in [-0.05, 0) is 43.7 Å². The van der Waals surface area contributed by atoms with Crippen LogP contribution in [0, 0.1) is 0 Å². The van der Waals surface area contributed by atoms with Gasteiger partial charge in [0, 0.05) is 30.9 Å². The van der Waals surface area contributed by atoms with Crippen LogP contribution >= 0.6 is 11.3 Å². The Morgan fingerprint density at radius 1 is 1.61 bits per heavy atom. The first-order chi connectivity index (χ1) is 8.75. The average Bonchev–Trinajstić information content (AvgIpc) is 3.05. The second kappa shape index (κ2) is 6.90. The second-order valence-corrected chi connectivity index (χ2v) is 6.01. The molecule has 2 rings (SSSR count). The van der Waals surface area contributed by atoms with Gasteiger partial charge in [0.25, 0.3) is 0 Å². The molecule has 1 N–H and O–H groups in total. The summed E-state index contributed by atoms with van der Waals surface area (Å²) in [6, 6.07) is 4.76. The van der Waals surface area contributed by atoms with Crippen molar-refractivity contribution in [2.45, 2.75) is 38.1 Å². The minimum Gasteiger partial charge on any atom is -0.345 e. The Hall–Kier alpha value is -0.870. The first-order valence-electron chi connectivity index (χ1n) is 6.75. The summed E-state index contributed by atoms with van der Waals surface area (Å²) in [6.45, 7) is 1.95. The second-order valence-electron chi connectivity index (χ2n) is 4.98. The molecule has 3 nitrogen and oxygen atoms in total. The van der Waals surface area contributed by atoms with Crippen molar-refractivity contribution in [3.8, 4) is 0 Å². The highest BCUT2D eigenvalue weighted by molar-refractivity contribution is 7.09. The molecule has 0 aliphatic carbocycles. The van der Waals surface area contributed by atoms with E-state index in [-0.39, 0.29) is 5.91 Å². The Morgan fingerprint density at radius 2 is 2.50 bits per heavy atom. The molecule has 0 bridgehead atoms. The van der Waals surface area contributed by atoms with E-state index < -0.39 is 0 Å². The molecule has 100 valence electrons. The summed E-state index contributed by atoms with van der Waals surface area (Å²) in [5.41, 5.74) is 0. The molecule has 0 spiro atoms. The molecular formula is C14H22N2OS. The van der Waals surface area contributed by atoms with Crippen molar-refractivity contribution in [3.05, 3.63) is 22.4 Å². The van der Waals surface area contributed by atoms with E-state index >= 15 is 0 Å². The zero-order valence-electron chi connectivity index (χ0n) is 11.0. The lowest BCUT2D eigenvalue weighted by atomic mass is 10.1. The highest BCUT2D eigenvalue weighted by atomic mass is 32.1. The summed E-state index contributed by atoms with van der Waals surface area (Å²) in [6.07, 6.45) is 5.13. The van der Waals surface area contributed by atoms with Gasteiger partial charge in [0.2, 0.25) is 5.91 Å². The molecule has 0 saturated carbocycles. The number of carbonyl (C=O) groups excluding carboxylic acids is 1. The number of rotatable bonds is 6. The molecule has 1 aliphatic rings. The highest BCUT2D eigenvalue weighted by Gasteiger charge is 2.16. The van der Waals surface area contributed by atoms with Crippen LogP contribution in [0.15, 0.2) is 17.5 Å². The van der Waals surface area contributed by atoms with Gasteiger partial charge in [-0.1, -0.05) is 6.07 Å². The number of nitrogens with one attached hydrogen (secondary N) is 1. The minimum atomic E-state index is 0.278. The molecule has 1 aromatic rings. The van der Waals surface area contributed by atoms with Gasteiger partial charge >= 0.3 is 0 Å². The summed E-state index contributed by atoms with van der Waals surface area (Å²) in [7, 11) is 1.91. The Morgan fingerprint density at radius 3 is 3.17 bits per heavy atom. The van der Waals surface area contributed by atoms with Crippen molar-refractivity contribution in [2.24, 2.45) is 0 Å². The fourth-order valence-electron chi connectivity index (χ4n) is 2.35. The molecule has 4 heteroatoms. The standard InChI is InChI=1S/C14H22N2OS/c1-16(10-8-13-5-3-11-18-13)14(17)7-6-12-4-2-9-15-12/h3,5,11-12,15H,2,4,6-10H2,1H3. The third-order valence-corrected chi connectivity index (χ3v) is 4.50. The van der Waals surface area contributed by atoms with Gasteiger partial charge in [-0.2, -0.15) is 0 Å². The van der Waals surface area contributed by atoms with E-state index in [4.69, 9.17) is 0 Å². The molecule has 1 fully saturated rings. The van der Waals surface area contributed by atoms with E-state index in [1.54, 1.807) is 11.3 Å². The maximum atomic E-state index is 12.0. The van der Waals surface area contributed by atoms with Crippen LogP contribution in [0.5, 0.6) is 0 Å². The third kappa shape index (κ3) is 4.10. The number of nitrogens with zero attached hydrogens (tertiary/aromatic N) is 1. The molecule has 1 aliphatic heterocycles. The van der Waals surface area contributed by atoms with Gasteiger partial charge in [0.1, 0.15) is 0 Å². The summed E-state index contributed by atoms with van der Waals surface area (Å²) in [5, 5.41) is 5.52. The molecule has 1 aromatic heterocycles. The summed E-state index contributed by atoms with van der Waals surface area (Å²) in [4.78, 5) is 15.2. The molecular weight excluding hydrogens is 244 g/mol. The Bertz CT molecular complexity index is 358. The Labute approximate surface area is 113 Å². The van der Waals surface area contributed by atoms with E-state index in [0.717, 1.165) is 25.9 Å². The minimum absolute atomic E-state index is 0.278. The van der Waals surface area contributed by atoms with Crippen LogP contribution in [0.2, 0.25) is 0 Å². The third-order valence-electron chi connectivity index (χ3n) is 3.57. The van der Waals surface area contributed by atoms with Gasteiger partial charge in [0.05, 0.1) is 0 Å². The molecule has 0 aromatic carbocycles. The normalized spacial score (nSPS) is 19.1. The largest absolute Gasteiger partial charge is 0.345 e. The summed E-state index contributed by atoms with van der Waals surface area (Å²) >= 11 is 1.76. The van der Waals surface area contributed by atoms with Crippen LogP contribution in [-0.2, 0) is 11.2 Å². The number of likely N-dealkylation sites (N-methyl/N-ethyl adjacent to an activating group) is 1. The lowest BCUT2D eigenvalue weighted by Crippen LogP contribution is -2.30. The zero-order chi connectivity index (χ0) is 12.8. The zero-order valence-corrected chi connectivity index (χ0v) is 11.8. The van der Waals surface area contributed by atoms with Crippen molar-refractivity contribution in [1.29, 1.82) is 0 Å². The quantitative estimate of drug-likeness (QED) is 0.857. The van der Waals surface area contributed by atoms with Crippen LogP contribution in [0.4, 0.5) is 0 Å². The molecule has 1 atom stereocenters. The smallest absolute Gasteiger partial charge is 0.222 e. The van der Waals surface area contributed by atoms with Crippen molar-refractivity contribution in [3.63, 3.8) is 0 Å². The molecule has 1 unspecified atom stereocenters. The number of hydrogen-bond acceptors (Lipinski definition) is 3. The SMILES string of the molecule is CN(CCc1cccs1)C(=O)CCC1CCCN1. The van der Waals surface area contributed by atoms with Crippen LogP contribution in [-0.4, -0.2) is 37.0 Å². The lowest BCUT2D eigenvalue weighted by molar-refractivity contribution is -0.130. The van der Waals surface area contributed by atoms with Gasteiger partial charge in [-0.25, -0.2) is 0 Å². The van der Waals surface area contributed by atoms with Crippen molar-refractivity contribution < 1.29 is 4.79 Å². The topological polar surface area (TPSA) is 32.3 Å². The van der Waals surface area contributed by atoms with E-state index in [1.807, 2.05) is 11.9 Å². The van der Waals surface area contributed by atoms with Gasteiger partial charge in [-0.3, -0.25) is 4.79 Å². The van der Waals surface area contributed by atoms with E-state index in [0.29, 0.717) is 12.5 Å². The fourth-order valence-corrected chi connectivity index (χ4v) is 3.05. The van der Waals surface area contributed by atoms with Crippen LogP contribution in [0.1, 0.15) is 30.6 Å². The predicted octanol–water partition coefficient (Wildman–Crippen LogP) is 2.28. The number of thiophene rings is 1. The average molecular weight is 266 g/mol.